The second kappa shape index (κ2) is 4.45. The lowest BCUT2D eigenvalue weighted by Gasteiger charge is -1.98. The number of aromatic nitrogens is 1. The SMILES string of the molecule is CCOC(=O)c1cc(C=NN)[nH]c1C. The van der Waals surface area contributed by atoms with Gasteiger partial charge in [-0.25, -0.2) is 4.79 Å². The molecule has 1 aromatic heterocycles. The smallest absolute Gasteiger partial charge is 0.339 e. The van der Waals surface area contributed by atoms with Gasteiger partial charge in [-0.3, -0.25) is 0 Å². The second-order valence-electron chi connectivity index (χ2n) is 2.76. The van der Waals surface area contributed by atoms with Gasteiger partial charge in [0.2, 0.25) is 0 Å². The molecule has 0 bridgehead atoms. The number of H-pyrrole nitrogens is 1. The van der Waals surface area contributed by atoms with Crippen LogP contribution in [0.4, 0.5) is 0 Å². The van der Waals surface area contributed by atoms with Crippen LogP contribution in [0.1, 0.15) is 28.7 Å². The molecule has 0 aromatic carbocycles. The van der Waals surface area contributed by atoms with E-state index in [4.69, 9.17) is 10.6 Å². The monoisotopic (exact) mass is 195 g/mol. The number of aromatic amines is 1. The van der Waals surface area contributed by atoms with Crippen LogP contribution in [0.2, 0.25) is 0 Å². The molecule has 76 valence electrons. The third kappa shape index (κ3) is 2.12. The third-order valence-corrected chi connectivity index (χ3v) is 1.74. The fraction of sp³-hybridized carbons (Fsp3) is 0.333. The molecule has 14 heavy (non-hydrogen) atoms. The summed E-state index contributed by atoms with van der Waals surface area (Å²) in [5.41, 5.74) is 1.95. The average molecular weight is 195 g/mol. The zero-order valence-electron chi connectivity index (χ0n) is 8.20. The van der Waals surface area contributed by atoms with Crippen molar-refractivity contribution in [2.24, 2.45) is 10.9 Å². The lowest BCUT2D eigenvalue weighted by molar-refractivity contribution is 0.0526. The Labute approximate surface area is 81.9 Å². The maximum Gasteiger partial charge on any atom is 0.339 e. The number of nitrogens with zero attached hydrogens (tertiary/aromatic N) is 1. The Morgan fingerprint density at radius 3 is 3.07 bits per heavy atom. The second-order valence-corrected chi connectivity index (χ2v) is 2.76. The topological polar surface area (TPSA) is 80.5 Å². The number of esters is 1. The highest BCUT2D eigenvalue weighted by atomic mass is 16.5. The Hall–Kier alpha value is -1.78. The number of nitrogens with one attached hydrogen (secondary N) is 1. The van der Waals surface area contributed by atoms with Crippen molar-refractivity contribution >= 4 is 12.2 Å². The minimum absolute atomic E-state index is 0.335. The van der Waals surface area contributed by atoms with Crippen molar-refractivity contribution in [3.05, 3.63) is 23.0 Å². The van der Waals surface area contributed by atoms with Gasteiger partial charge < -0.3 is 15.6 Å². The van der Waals surface area contributed by atoms with Crippen molar-refractivity contribution in [3.63, 3.8) is 0 Å². The van der Waals surface area contributed by atoms with Crippen LogP contribution in [-0.4, -0.2) is 23.8 Å². The van der Waals surface area contributed by atoms with Crippen LogP contribution >= 0.6 is 0 Å². The fourth-order valence-corrected chi connectivity index (χ4v) is 1.15. The van der Waals surface area contributed by atoms with Gasteiger partial charge in [-0.1, -0.05) is 0 Å². The summed E-state index contributed by atoms with van der Waals surface area (Å²) in [5, 5.41) is 3.36. The molecule has 0 aliphatic heterocycles. The van der Waals surface area contributed by atoms with E-state index in [0.29, 0.717) is 17.9 Å². The van der Waals surface area contributed by atoms with Gasteiger partial charge in [-0.15, -0.1) is 0 Å². The molecular weight excluding hydrogens is 182 g/mol. The predicted molar refractivity (Wildman–Crippen MR) is 53.3 cm³/mol. The van der Waals surface area contributed by atoms with Gasteiger partial charge in [-0.2, -0.15) is 5.10 Å². The minimum Gasteiger partial charge on any atom is -0.462 e. The van der Waals surface area contributed by atoms with E-state index in [1.54, 1.807) is 19.9 Å². The van der Waals surface area contributed by atoms with Crippen molar-refractivity contribution < 1.29 is 9.53 Å². The Bertz CT molecular complexity index is 355. The molecule has 0 radical (unpaired) electrons. The van der Waals surface area contributed by atoms with Crippen molar-refractivity contribution in [1.82, 2.24) is 4.98 Å². The fourth-order valence-electron chi connectivity index (χ4n) is 1.15. The molecular formula is C9H13N3O2. The molecule has 0 saturated heterocycles. The summed E-state index contributed by atoms with van der Waals surface area (Å²) in [6, 6.07) is 1.66. The van der Waals surface area contributed by atoms with Crippen molar-refractivity contribution in [1.29, 1.82) is 0 Å². The van der Waals surface area contributed by atoms with Crippen LogP contribution < -0.4 is 5.84 Å². The van der Waals surface area contributed by atoms with E-state index in [-0.39, 0.29) is 5.97 Å². The molecule has 0 aliphatic rings. The van der Waals surface area contributed by atoms with E-state index in [1.807, 2.05) is 0 Å². The van der Waals surface area contributed by atoms with Gasteiger partial charge in [0.25, 0.3) is 0 Å². The number of carbonyl (C=O) groups is 1. The molecule has 5 nitrogen and oxygen atoms in total. The summed E-state index contributed by atoms with van der Waals surface area (Å²) in [5.74, 6) is 4.65. The van der Waals surface area contributed by atoms with Gasteiger partial charge in [-0.05, 0) is 19.9 Å². The van der Waals surface area contributed by atoms with Gasteiger partial charge >= 0.3 is 5.97 Å². The molecule has 0 fully saturated rings. The first kappa shape index (κ1) is 10.3. The maximum atomic E-state index is 11.4. The number of carbonyl (C=O) groups excluding carboxylic acids is 1. The summed E-state index contributed by atoms with van der Waals surface area (Å²) in [7, 11) is 0. The first-order valence-electron chi connectivity index (χ1n) is 4.29. The van der Waals surface area contributed by atoms with Crippen molar-refractivity contribution in [2.45, 2.75) is 13.8 Å². The van der Waals surface area contributed by atoms with E-state index in [0.717, 1.165) is 5.69 Å². The summed E-state index contributed by atoms with van der Waals surface area (Å²) in [6.07, 6.45) is 1.44. The van der Waals surface area contributed by atoms with Crippen LogP contribution in [0.5, 0.6) is 0 Å². The largest absolute Gasteiger partial charge is 0.462 e. The zero-order chi connectivity index (χ0) is 10.6. The normalized spacial score (nSPS) is 10.7. The van der Waals surface area contributed by atoms with Gasteiger partial charge in [0.15, 0.2) is 0 Å². The number of hydrogen-bond acceptors (Lipinski definition) is 4. The number of ether oxygens (including phenoxy) is 1. The minimum atomic E-state index is -0.335. The molecule has 5 heteroatoms. The standard InChI is InChI=1S/C9H13N3O2/c1-3-14-9(13)8-4-7(5-11-10)12-6(8)2/h4-5,12H,3,10H2,1-2H3. The first-order valence-corrected chi connectivity index (χ1v) is 4.29. The Morgan fingerprint density at radius 2 is 2.50 bits per heavy atom. The Kier molecular flexibility index (Phi) is 3.28. The number of aryl methyl sites for hydroxylation is 1. The summed E-state index contributed by atoms with van der Waals surface area (Å²) in [6.45, 7) is 3.92. The molecule has 1 heterocycles. The summed E-state index contributed by atoms with van der Waals surface area (Å²) >= 11 is 0. The molecule has 1 aromatic rings. The molecule has 0 unspecified atom stereocenters. The third-order valence-electron chi connectivity index (χ3n) is 1.74. The maximum absolute atomic E-state index is 11.4. The molecule has 0 atom stereocenters. The number of rotatable bonds is 3. The first-order chi connectivity index (χ1) is 6.69. The summed E-state index contributed by atoms with van der Waals surface area (Å²) in [4.78, 5) is 14.3. The van der Waals surface area contributed by atoms with Crippen molar-refractivity contribution in [3.8, 4) is 0 Å². The highest BCUT2D eigenvalue weighted by molar-refractivity contribution is 5.93. The predicted octanol–water partition coefficient (Wildman–Crippen LogP) is 0.792. The quantitative estimate of drug-likeness (QED) is 0.324. The van der Waals surface area contributed by atoms with E-state index >= 15 is 0 Å². The zero-order valence-corrected chi connectivity index (χ0v) is 8.20. The lowest BCUT2D eigenvalue weighted by atomic mass is 10.2. The number of hydrazone groups is 1. The lowest BCUT2D eigenvalue weighted by Crippen LogP contribution is -2.04. The van der Waals surface area contributed by atoms with E-state index < -0.39 is 0 Å². The van der Waals surface area contributed by atoms with Crippen LogP contribution in [0.3, 0.4) is 0 Å². The molecule has 3 N–H and O–H groups in total. The molecule has 0 aliphatic carbocycles. The Balaban J connectivity index is 2.92. The van der Waals surface area contributed by atoms with Crippen LogP contribution in [0.25, 0.3) is 0 Å². The van der Waals surface area contributed by atoms with E-state index in [1.165, 1.54) is 6.21 Å². The van der Waals surface area contributed by atoms with Crippen LogP contribution in [0.15, 0.2) is 11.2 Å². The highest BCUT2D eigenvalue weighted by Crippen LogP contribution is 2.10. The number of nitrogens with two attached hydrogens (primary N) is 1. The van der Waals surface area contributed by atoms with E-state index in [2.05, 4.69) is 10.1 Å². The van der Waals surface area contributed by atoms with E-state index in [9.17, 15) is 4.79 Å². The molecule has 1 rings (SSSR count). The number of hydrogen-bond donors (Lipinski definition) is 2. The molecule has 0 saturated carbocycles. The van der Waals surface area contributed by atoms with Crippen LogP contribution in [0, 0.1) is 6.92 Å². The molecule has 0 spiro atoms. The van der Waals surface area contributed by atoms with Crippen LogP contribution in [-0.2, 0) is 4.74 Å². The van der Waals surface area contributed by atoms with Gasteiger partial charge in [0, 0.05) is 5.69 Å². The Morgan fingerprint density at radius 1 is 1.79 bits per heavy atom. The van der Waals surface area contributed by atoms with Crippen molar-refractivity contribution in [2.75, 3.05) is 6.61 Å². The summed E-state index contributed by atoms with van der Waals surface area (Å²) < 4.78 is 4.87. The van der Waals surface area contributed by atoms with Gasteiger partial charge in [0.1, 0.15) is 0 Å². The van der Waals surface area contributed by atoms with Gasteiger partial charge in [0.05, 0.1) is 24.1 Å². The molecule has 0 amide bonds. The highest BCUT2D eigenvalue weighted by Gasteiger charge is 2.12. The average Bonchev–Trinajstić information content (AvgIpc) is 2.48.